The van der Waals surface area contributed by atoms with Gasteiger partial charge in [0.25, 0.3) is 0 Å². The average molecular weight is 468 g/mol. The number of thioether (sulfide) groups is 1. The van der Waals surface area contributed by atoms with Crippen molar-refractivity contribution in [2.24, 2.45) is 0 Å². The van der Waals surface area contributed by atoms with E-state index in [0.717, 1.165) is 28.9 Å². The summed E-state index contributed by atoms with van der Waals surface area (Å²) < 4.78 is 35.5. The summed E-state index contributed by atoms with van der Waals surface area (Å²) in [6.07, 6.45) is 2.48. The third-order valence-electron chi connectivity index (χ3n) is 5.74. The molecule has 4 nitrogen and oxygen atoms in total. The van der Waals surface area contributed by atoms with E-state index in [0.29, 0.717) is 17.9 Å². The fourth-order valence-corrected chi connectivity index (χ4v) is 6.60. The smallest absolute Gasteiger partial charge is 0.240 e. The summed E-state index contributed by atoms with van der Waals surface area (Å²) in [6, 6.07) is 27.1. The van der Waals surface area contributed by atoms with Crippen LogP contribution in [0.2, 0.25) is 0 Å². The zero-order chi connectivity index (χ0) is 22.4. The van der Waals surface area contributed by atoms with Crippen LogP contribution < -0.4 is 4.72 Å². The molecule has 4 rings (SSSR count). The molecule has 6 heteroatoms. The summed E-state index contributed by atoms with van der Waals surface area (Å²) in [5.74, 6) is 0. The summed E-state index contributed by atoms with van der Waals surface area (Å²) in [7, 11) is -3.61. The molecule has 32 heavy (non-hydrogen) atoms. The van der Waals surface area contributed by atoms with E-state index < -0.39 is 10.0 Å². The monoisotopic (exact) mass is 467 g/mol. The molecule has 0 aromatic heterocycles. The molecule has 1 N–H and O–H groups in total. The van der Waals surface area contributed by atoms with Crippen molar-refractivity contribution in [3.63, 3.8) is 0 Å². The van der Waals surface area contributed by atoms with Gasteiger partial charge in [0.2, 0.25) is 10.0 Å². The highest BCUT2D eigenvalue weighted by Gasteiger charge is 2.34. The van der Waals surface area contributed by atoms with E-state index in [1.165, 1.54) is 0 Å². The van der Waals surface area contributed by atoms with Crippen molar-refractivity contribution in [2.75, 3.05) is 0 Å². The minimum Gasteiger partial charge on any atom is -0.373 e. The molecular weight excluding hydrogens is 438 g/mol. The molecule has 1 aliphatic carbocycles. The molecule has 0 spiro atoms. The second kappa shape index (κ2) is 10.7. The van der Waals surface area contributed by atoms with Crippen LogP contribution in [0.25, 0.3) is 0 Å². The highest BCUT2D eigenvalue weighted by molar-refractivity contribution is 8.00. The third-order valence-corrected chi connectivity index (χ3v) is 8.65. The maximum absolute atomic E-state index is 13.1. The fraction of sp³-hybridized carbons (Fsp3) is 0.308. The Balaban J connectivity index is 1.48. The summed E-state index contributed by atoms with van der Waals surface area (Å²) in [6.45, 7) is 2.49. The highest BCUT2D eigenvalue weighted by atomic mass is 32.2. The van der Waals surface area contributed by atoms with Crippen LogP contribution in [0.4, 0.5) is 0 Å². The second-order valence-electron chi connectivity index (χ2n) is 8.24. The molecule has 3 atom stereocenters. The topological polar surface area (TPSA) is 55.4 Å². The molecule has 0 bridgehead atoms. The van der Waals surface area contributed by atoms with Crippen LogP contribution in [-0.2, 0) is 21.4 Å². The average Bonchev–Trinajstić information content (AvgIpc) is 2.81. The van der Waals surface area contributed by atoms with Gasteiger partial charge in [-0.2, -0.15) is 0 Å². The van der Waals surface area contributed by atoms with Gasteiger partial charge < -0.3 is 4.74 Å². The molecule has 0 aliphatic heterocycles. The maximum atomic E-state index is 13.1. The Kier molecular flexibility index (Phi) is 7.68. The minimum atomic E-state index is -3.61. The number of hydrogen-bond acceptors (Lipinski definition) is 4. The molecule has 3 aromatic carbocycles. The van der Waals surface area contributed by atoms with E-state index in [9.17, 15) is 8.42 Å². The van der Waals surface area contributed by atoms with Crippen molar-refractivity contribution in [1.82, 2.24) is 4.72 Å². The first-order valence-corrected chi connectivity index (χ1v) is 13.3. The summed E-state index contributed by atoms with van der Waals surface area (Å²) in [4.78, 5) is 1.46. The van der Waals surface area contributed by atoms with Crippen LogP contribution in [0.15, 0.2) is 94.7 Å². The SMILES string of the molecule is Cc1ccc(S(=O)(=O)N[C@H]2C[C@@H](OCc3ccccc3)CC[C@@H]2Sc2ccccc2)cc1. The van der Waals surface area contributed by atoms with Crippen LogP contribution in [0.1, 0.15) is 30.4 Å². The van der Waals surface area contributed by atoms with E-state index in [1.807, 2.05) is 55.5 Å². The Labute approximate surface area is 195 Å². The van der Waals surface area contributed by atoms with E-state index >= 15 is 0 Å². The second-order valence-corrected chi connectivity index (χ2v) is 11.3. The van der Waals surface area contributed by atoms with E-state index in [2.05, 4.69) is 29.0 Å². The van der Waals surface area contributed by atoms with E-state index in [-0.39, 0.29) is 17.4 Å². The molecule has 0 amide bonds. The summed E-state index contributed by atoms with van der Waals surface area (Å²) in [5, 5.41) is 0.147. The molecule has 0 heterocycles. The number of sulfonamides is 1. The van der Waals surface area contributed by atoms with Gasteiger partial charge in [-0.05, 0) is 56.0 Å². The van der Waals surface area contributed by atoms with Gasteiger partial charge >= 0.3 is 0 Å². The predicted octanol–water partition coefficient (Wildman–Crippen LogP) is 5.57. The lowest BCUT2D eigenvalue weighted by molar-refractivity contribution is 0.0120. The molecular formula is C26H29NO3S2. The normalized spacial score (nSPS) is 21.3. The van der Waals surface area contributed by atoms with Crippen LogP contribution in [-0.4, -0.2) is 25.8 Å². The largest absolute Gasteiger partial charge is 0.373 e. The predicted molar refractivity (Wildman–Crippen MR) is 130 cm³/mol. The van der Waals surface area contributed by atoms with Gasteiger partial charge in [-0.25, -0.2) is 13.1 Å². The van der Waals surface area contributed by atoms with Crippen molar-refractivity contribution in [3.8, 4) is 0 Å². The van der Waals surface area contributed by atoms with E-state index in [1.54, 1.807) is 23.9 Å². The number of aryl methyl sites for hydroxylation is 1. The van der Waals surface area contributed by atoms with Gasteiger partial charge in [0.1, 0.15) is 0 Å². The molecule has 3 aromatic rings. The lowest BCUT2D eigenvalue weighted by Crippen LogP contribution is -2.47. The Hall–Kier alpha value is -2.12. The molecule has 168 valence electrons. The molecule has 1 fully saturated rings. The number of benzene rings is 3. The summed E-state index contributed by atoms with van der Waals surface area (Å²) >= 11 is 1.74. The Morgan fingerprint density at radius 2 is 1.56 bits per heavy atom. The molecule has 0 radical (unpaired) electrons. The van der Waals surface area contributed by atoms with Crippen molar-refractivity contribution in [1.29, 1.82) is 0 Å². The Bertz CT molecular complexity index is 1090. The zero-order valence-corrected chi connectivity index (χ0v) is 19.8. The van der Waals surface area contributed by atoms with Gasteiger partial charge in [0, 0.05) is 16.2 Å². The Morgan fingerprint density at radius 1 is 0.906 bits per heavy atom. The van der Waals surface area contributed by atoms with Gasteiger partial charge in [-0.3, -0.25) is 0 Å². The fourth-order valence-electron chi connectivity index (χ4n) is 3.97. The standard InChI is InChI=1S/C26H29NO3S2/c1-20-12-15-24(16-13-20)32(28,29)27-25-18-22(30-19-21-8-4-2-5-9-21)14-17-26(25)31-23-10-6-3-7-11-23/h2-13,15-16,22,25-27H,14,17-19H2,1H3/t22-,25-,26-/m0/s1. The lowest BCUT2D eigenvalue weighted by atomic mass is 9.93. The number of nitrogens with one attached hydrogen (secondary N) is 1. The van der Waals surface area contributed by atoms with Crippen molar-refractivity contribution < 1.29 is 13.2 Å². The first-order chi connectivity index (χ1) is 15.5. The molecule has 0 unspecified atom stereocenters. The first-order valence-electron chi connectivity index (χ1n) is 11.0. The maximum Gasteiger partial charge on any atom is 0.240 e. The van der Waals surface area contributed by atoms with Crippen LogP contribution in [0.3, 0.4) is 0 Å². The van der Waals surface area contributed by atoms with E-state index in [4.69, 9.17) is 4.74 Å². The number of ether oxygens (including phenoxy) is 1. The van der Waals surface area contributed by atoms with Gasteiger partial charge in [0.05, 0.1) is 17.6 Å². The molecule has 0 saturated heterocycles. The molecule has 1 saturated carbocycles. The lowest BCUT2D eigenvalue weighted by Gasteiger charge is -2.36. The zero-order valence-electron chi connectivity index (χ0n) is 18.2. The van der Waals surface area contributed by atoms with Crippen LogP contribution in [0.5, 0.6) is 0 Å². The van der Waals surface area contributed by atoms with Gasteiger partial charge in [-0.1, -0.05) is 66.2 Å². The first kappa shape index (κ1) is 23.1. The number of hydrogen-bond donors (Lipinski definition) is 1. The third kappa shape index (κ3) is 6.23. The number of rotatable bonds is 8. The van der Waals surface area contributed by atoms with Crippen molar-refractivity contribution >= 4 is 21.8 Å². The molecule has 1 aliphatic rings. The van der Waals surface area contributed by atoms with Crippen LogP contribution in [0, 0.1) is 6.92 Å². The van der Waals surface area contributed by atoms with Crippen molar-refractivity contribution in [2.45, 2.75) is 60.0 Å². The Morgan fingerprint density at radius 3 is 2.25 bits per heavy atom. The minimum absolute atomic E-state index is 0.0218. The van der Waals surface area contributed by atoms with Crippen molar-refractivity contribution in [3.05, 3.63) is 96.1 Å². The summed E-state index contributed by atoms with van der Waals surface area (Å²) in [5.41, 5.74) is 2.17. The van der Waals surface area contributed by atoms with Gasteiger partial charge in [0.15, 0.2) is 0 Å². The van der Waals surface area contributed by atoms with Crippen LogP contribution >= 0.6 is 11.8 Å². The quantitative estimate of drug-likeness (QED) is 0.470. The highest BCUT2D eigenvalue weighted by Crippen LogP contribution is 2.36. The van der Waals surface area contributed by atoms with Gasteiger partial charge in [-0.15, -0.1) is 11.8 Å².